The van der Waals surface area contributed by atoms with Crippen LogP contribution >= 0.6 is 0 Å². The van der Waals surface area contributed by atoms with Gasteiger partial charge in [-0.3, -0.25) is 0 Å². The SMILES string of the molecule is Cc1cc(Oc2ccc(N)cn2)ccc1C(C)C. The molecule has 3 nitrogen and oxygen atoms in total. The Morgan fingerprint density at radius 1 is 1.17 bits per heavy atom. The van der Waals surface area contributed by atoms with Gasteiger partial charge in [0.25, 0.3) is 0 Å². The number of nitrogens with zero attached hydrogens (tertiary/aromatic N) is 1. The average molecular weight is 242 g/mol. The zero-order valence-electron chi connectivity index (χ0n) is 11.0. The lowest BCUT2D eigenvalue weighted by Gasteiger charge is -2.11. The molecule has 94 valence electrons. The van der Waals surface area contributed by atoms with E-state index in [0.29, 0.717) is 17.5 Å². The lowest BCUT2D eigenvalue weighted by molar-refractivity contribution is 0.462. The molecule has 0 atom stereocenters. The van der Waals surface area contributed by atoms with Crippen molar-refractivity contribution in [3.63, 3.8) is 0 Å². The van der Waals surface area contributed by atoms with Crippen molar-refractivity contribution in [2.45, 2.75) is 26.7 Å². The van der Waals surface area contributed by atoms with Crippen LogP contribution in [0.25, 0.3) is 0 Å². The summed E-state index contributed by atoms with van der Waals surface area (Å²) in [5.74, 6) is 1.88. The van der Waals surface area contributed by atoms with Crippen molar-refractivity contribution in [1.82, 2.24) is 4.98 Å². The topological polar surface area (TPSA) is 48.1 Å². The maximum absolute atomic E-state index is 5.68. The van der Waals surface area contributed by atoms with E-state index in [1.165, 1.54) is 11.1 Å². The minimum Gasteiger partial charge on any atom is -0.439 e. The molecule has 0 aliphatic rings. The van der Waals surface area contributed by atoms with Crippen LogP contribution in [0, 0.1) is 6.92 Å². The molecule has 1 heterocycles. The molecule has 2 N–H and O–H groups in total. The Hall–Kier alpha value is -2.03. The van der Waals surface area contributed by atoms with Gasteiger partial charge in [-0.1, -0.05) is 19.9 Å². The van der Waals surface area contributed by atoms with E-state index in [9.17, 15) is 0 Å². The predicted molar refractivity (Wildman–Crippen MR) is 74.0 cm³/mol. The van der Waals surface area contributed by atoms with Crippen LogP contribution in [0.4, 0.5) is 5.69 Å². The van der Waals surface area contributed by atoms with E-state index in [-0.39, 0.29) is 0 Å². The van der Waals surface area contributed by atoms with Crippen molar-refractivity contribution in [1.29, 1.82) is 0 Å². The van der Waals surface area contributed by atoms with Gasteiger partial charge in [-0.05, 0) is 42.2 Å². The fourth-order valence-corrected chi connectivity index (χ4v) is 1.93. The molecule has 0 bridgehead atoms. The van der Waals surface area contributed by atoms with E-state index in [1.807, 2.05) is 12.1 Å². The number of aryl methyl sites for hydroxylation is 1. The number of rotatable bonds is 3. The molecule has 0 saturated heterocycles. The van der Waals surface area contributed by atoms with Gasteiger partial charge in [0.05, 0.1) is 11.9 Å². The van der Waals surface area contributed by atoms with Crippen molar-refractivity contribution < 1.29 is 4.74 Å². The molecule has 0 unspecified atom stereocenters. The van der Waals surface area contributed by atoms with E-state index < -0.39 is 0 Å². The maximum Gasteiger partial charge on any atom is 0.219 e. The summed E-state index contributed by atoms with van der Waals surface area (Å²) in [7, 11) is 0. The maximum atomic E-state index is 5.68. The Morgan fingerprint density at radius 3 is 2.50 bits per heavy atom. The first-order valence-corrected chi connectivity index (χ1v) is 6.06. The molecule has 2 rings (SSSR count). The Balaban J connectivity index is 2.20. The number of pyridine rings is 1. The molecule has 0 amide bonds. The highest BCUT2D eigenvalue weighted by Crippen LogP contribution is 2.26. The van der Waals surface area contributed by atoms with Crippen LogP contribution in [-0.4, -0.2) is 4.98 Å². The third-order valence-corrected chi connectivity index (χ3v) is 2.84. The molecule has 0 radical (unpaired) electrons. The number of hydrogen-bond donors (Lipinski definition) is 1. The van der Waals surface area contributed by atoms with E-state index in [4.69, 9.17) is 10.5 Å². The lowest BCUT2D eigenvalue weighted by atomic mass is 9.98. The number of benzene rings is 1. The molecule has 1 aromatic carbocycles. The van der Waals surface area contributed by atoms with Gasteiger partial charge in [-0.25, -0.2) is 4.98 Å². The highest BCUT2D eigenvalue weighted by Gasteiger charge is 2.05. The van der Waals surface area contributed by atoms with Crippen molar-refractivity contribution in [2.75, 3.05) is 5.73 Å². The van der Waals surface area contributed by atoms with E-state index >= 15 is 0 Å². The first-order valence-electron chi connectivity index (χ1n) is 6.06. The highest BCUT2D eigenvalue weighted by atomic mass is 16.5. The number of ether oxygens (including phenoxy) is 1. The van der Waals surface area contributed by atoms with Gasteiger partial charge >= 0.3 is 0 Å². The largest absolute Gasteiger partial charge is 0.439 e. The van der Waals surface area contributed by atoms with Gasteiger partial charge in [0.15, 0.2) is 0 Å². The number of nitrogens with two attached hydrogens (primary N) is 1. The van der Waals surface area contributed by atoms with Crippen LogP contribution in [0.1, 0.15) is 30.9 Å². The summed E-state index contributed by atoms with van der Waals surface area (Å²) in [4.78, 5) is 4.11. The minimum absolute atomic E-state index is 0.522. The van der Waals surface area contributed by atoms with Gasteiger partial charge in [-0.15, -0.1) is 0 Å². The second kappa shape index (κ2) is 5.08. The van der Waals surface area contributed by atoms with E-state index in [1.54, 1.807) is 18.3 Å². The zero-order chi connectivity index (χ0) is 13.1. The smallest absolute Gasteiger partial charge is 0.219 e. The number of nitrogen functional groups attached to an aromatic ring is 1. The molecule has 3 heteroatoms. The summed E-state index contributed by atoms with van der Waals surface area (Å²) in [5, 5.41) is 0. The van der Waals surface area contributed by atoms with Crippen molar-refractivity contribution in [2.24, 2.45) is 0 Å². The zero-order valence-corrected chi connectivity index (χ0v) is 11.0. The summed E-state index contributed by atoms with van der Waals surface area (Å²) in [6.45, 7) is 6.47. The lowest BCUT2D eigenvalue weighted by Crippen LogP contribution is -1.94. The molecule has 0 aliphatic heterocycles. The Bertz CT molecular complexity index is 533. The predicted octanol–water partition coefficient (Wildman–Crippen LogP) is 3.89. The second-order valence-electron chi connectivity index (χ2n) is 4.70. The van der Waals surface area contributed by atoms with Crippen molar-refractivity contribution in [3.05, 3.63) is 47.7 Å². The number of aromatic nitrogens is 1. The van der Waals surface area contributed by atoms with E-state index in [0.717, 1.165) is 5.75 Å². The monoisotopic (exact) mass is 242 g/mol. The average Bonchev–Trinajstić information content (AvgIpc) is 2.32. The van der Waals surface area contributed by atoms with Crippen LogP contribution in [0.2, 0.25) is 0 Å². The van der Waals surface area contributed by atoms with Gasteiger partial charge < -0.3 is 10.5 Å². The summed E-state index contributed by atoms with van der Waals surface area (Å²) in [6.07, 6.45) is 1.59. The molecular weight excluding hydrogens is 224 g/mol. The quantitative estimate of drug-likeness (QED) is 0.888. The second-order valence-corrected chi connectivity index (χ2v) is 4.70. The van der Waals surface area contributed by atoms with Crippen molar-refractivity contribution in [3.8, 4) is 11.6 Å². The molecule has 18 heavy (non-hydrogen) atoms. The minimum atomic E-state index is 0.522. The van der Waals surface area contributed by atoms with Gasteiger partial charge in [-0.2, -0.15) is 0 Å². The number of hydrogen-bond acceptors (Lipinski definition) is 3. The van der Waals surface area contributed by atoms with Crippen LogP contribution in [0.5, 0.6) is 11.6 Å². The van der Waals surface area contributed by atoms with Crippen LogP contribution in [-0.2, 0) is 0 Å². The summed E-state index contributed by atoms with van der Waals surface area (Å²) >= 11 is 0. The third-order valence-electron chi connectivity index (χ3n) is 2.84. The highest BCUT2D eigenvalue weighted by molar-refractivity contribution is 5.40. The molecular formula is C15H18N2O. The number of anilines is 1. The Kier molecular flexibility index (Phi) is 3.51. The fourth-order valence-electron chi connectivity index (χ4n) is 1.93. The third kappa shape index (κ3) is 2.80. The van der Waals surface area contributed by atoms with Crippen LogP contribution in [0.3, 0.4) is 0 Å². The first-order chi connectivity index (χ1) is 8.56. The van der Waals surface area contributed by atoms with Crippen LogP contribution in [0.15, 0.2) is 36.5 Å². The van der Waals surface area contributed by atoms with Gasteiger partial charge in [0, 0.05) is 6.07 Å². The Morgan fingerprint density at radius 2 is 1.94 bits per heavy atom. The summed E-state index contributed by atoms with van der Waals surface area (Å²) in [5.41, 5.74) is 8.79. The molecule has 0 spiro atoms. The fraction of sp³-hybridized carbons (Fsp3) is 0.267. The van der Waals surface area contributed by atoms with Gasteiger partial charge in [0.1, 0.15) is 5.75 Å². The summed E-state index contributed by atoms with van der Waals surface area (Å²) < 4.78 is 5.68. The molecule has 0 fully saturated rings. The molecule has 1 aromatic heterocycles. The van der Waals surface area contributed by atoms with Crippen molar-refractivity contribution >= 4 is 5.69 Å². The molecule has 0 saturated carbocycles. The first kappa shape index (κ1) is 12.4. The van der Waals surface area contributed by atoms with Crippen LogP contribution < -0.4 is 10.5 Å². The molecule has 2 aromatic rings. The molecule has 0 aliphatic carbocycles. The summed E-state index contributed by atoms with van der Waals surface area (Å²) in [6, 6.07) is 9.65. The van der Waals surface area contributed by atoms with E-state index in [2.05, 4.69) is 31.8 Å². The van der Waals surface area contributed by atoms with Gasteiger partial charge in [0.2, 0.25) is 5.88 Å². The normalized spacial score (nSPS) is 10.7. The Labute approximate surface area is 108 Å². The standard InChI is InChI=1S/C15H18N2O/c1-10(2)14-6-5-13(8-11(14)3)18-15-7-4-12(16)9-17-15/h4-10H,16H2,1-3H3.